The van der Waals surface area contributed by atoms with E-state index in [9.17, 15) is 0 Å². The molecule has 1 aromatic rings. The molecule has 0 aromatic heterocycles. The predicted molar refractivity (Wildman–Crippen MR) is 86.1 cm³/mol. The lowest BCUT2D eigenvalue weighted by Gasteiger charge is -2.27. The Morgan fingerprint density at radius 3 is 2.77 bits per heavy atom. The van der Waals surface area contributed by atoms with Crippen molar-refractivity contribution in [2.45, 2.75) is 19.6 Å². The van der Waals surface area contributed by atoms with Gasteiger partial charge in [-0.05, 0) is 25.6 Å². The maximum absolute atomic E-state index is 6.35. The highest BCUT2D eigenvalue weighted by Crippen LogP contribution is 2.33. The zero-order valence-electron chi connectivity index (χ0n) is 13.4. The van der Waals surface area contributed by atoms with Gasteiger partial charge in [-0.2, -0.15) is 0 Å². The van der Waals surface area contributed by atoms with Crippen molar-refractivity contribution in [3.05, 3.63) is 22.7 Å². The fraction of sp³-hybridized carbons (Fsp3) is 0.625. The van der Waals surface area contributed by atoms with Crippen molar-refractivity contribution >= 4 is 11.6 Å². The van der Waals surface area contributed by atoms with Crippen molar-refractivity contribution in [1.82, 2.24) is 4.90 Å². The zero-order chi connectivity index (χ0) is 15.9. The van der Waals surface area contributed by atoms with Gasteiger partial charge in [-0.1, -0.05) is 11.6 Å². The van der Waals surface area contributed by atoms with Crippen LogP contribution in [0.5, 0.6) is 11.5 Å². The van der Waals surface area contributed by atoms with Crippen molar-refractivity contribution in [2.24, 2.45) is 0 Å². The molecule has 0 spiro atoms. The Bertz CT molecular complexity index is 477. The number of methoxy groups -OCH3 is 1. The summed E-state index contributed by atoms with van der Waals surface area (Å²) in [6, 6.07) is 3.75. The lowest BCUT2D eigenvalue weighted by Crippen LogP contribution is -2.38. The molecule has 1 aliphatic rings. The minimum Gasteiger partial charge on any atom is -0.493 e. The summed E-state index contributed by atoms with van der Waals surface area (Å²) in [7, 11) is 3.65. The van der Waals surface area contributed by atoms with Crippen LogP contribution in [0.4, 0.5) is 0 Å². The lowest BCUT2D eigenvalue weighted by atomic mass is 10.1. The van der Waals surface area contributed by atoms with Crippen LogP contribution in [0.3, 0.4) is 0 Å². The van der Waals surface area contributed by atoms with E-state index in [-0.39, 0.29) is 6.10 Å². The Kier molecular flexibility index (Phi) is 6.76. The van der Waals surface area contributed by atoms with Crippen molar-refractivity contribution in [3.63, 3.8) is 0 Å². The fourth-order valence-electron chi connectivity index (χ4n) is 2.47. The second-order valence-corrected chi connectivity index (χ2v) is 5.70. The van der Waals surface area contributed by atoms with E-state index in [1.54, 1.807) is 13.2 Å². The molecule has 1 atom stereocenters. The SMILES string of the molecule is CCOc1cc(CN(C)C[C@H]2COCCO2)c(Cl)cc1OC. The van der Waals surface area contributed by atoms with Crippen molar-refractivity contribution in [1.29, 1.82) is 0 Å². The van der Waals surface area contributed by atoms with E-state index in [0.29, 0.717) is 43.7 Å². The minimum absolute atomic E-state index is 0.113. The summed E-state index contributed by atoms with van der Waals surface area (Å²) in [5.74, 6) is 1.37. The number of likely N-dealkylation sites (N-methyl/N-ethyl adjacent to an activating group) is 1. The van der Waals surface area contributed by atoms with Crippen molar-refractivity contribution in [2.75, 3.05) is 47.1 Å². The molecule has 1 heterocycles. The lowest BCUT2D eigenvalue weighted by molar-refractivity contribution is -0.0962. The first-order chi connectivity index (χ1) is 10.6. The largest absolute Gasteiger partial charge is 0.493 e. The smallest absolute Gasteiger partial charge is 0.162 e. The Hall–Kier alpha value is -1.01. The number of hydrogen-bond acceptors (Lipinski definition) is 5. The first-order valence-electron chi connectivity index (χ1n) is 7.51. The number of halogens is 1. The van der Waals surface area contributed by atoms with Gasteiger partial charge in [0, 0.05) is 24.2 Å². The monoisotopic (exact) mass is 329 g/mol. The third-order valence-electron chi connectivity index (χ3n) is 3.47. The molecule has 1 saturated heterocycles. The van der Waals surface area contributed by atoms with Gasteiger partial charge in [0.15, 0.2) is 11.5 Å². The molecule has 0 aliphatic carbocycles. The average molecular weight is 330 g/mol. The van der Waals surface area contributed by atoms with E-state index >= 15 is 0 Å². The average Bonchev–Trinajstić information content (AvgIpc) is 2.51. The second-order valence-electron chi connectivity index (χ2n) is 5.29. The van der Waals surface area contributed by atoms with Crippen LogP contribution < -0.4 is 9.47 Å². The Morgan fingerprint density at radius 2 is 2.14 bits per heavy atom. The van der Waals surface area contributed by atoms with E-state index < -0.39 is 0 Å². The van der Waals surface area contributed by atoms with Gasteiger partial charge in [0.05, 0.1) is 39.6 Å². The fourth-order valence-corrected chi connectivity index (χ4v) is 2.68. The number of rotatable bonds is 7. The van der Waals surface area contributed by atoms with Gasteiger partial charge in [0.2, 0.25) is 0 Å². The molecule has 22 heavy (non-hydrogen) atoms. The minimum atomic E-state index is 0.113. The Balaban J connectivity index is 2.02. The van der Waals surface area contributed by atoms with Crippen LogP contribution in [0.25, 0.3) is 0 Å². The summed E-state index contributed by atoms with van der Waals surface area (Å²) in [5.41, 5.74) is 1.00. The molecule has 5 nitrogen and oxygen atoms in total. The molecule has 1 aromatic carbocycles. The van der Waals surface area contributed by atoms with Gasteiger partial charge in [0.1, 0.15) is 0 Å². The van der Waals surface area contributed by atoms with E-state index in [4.69, 9.17) is 30.5 Å². The number of hydrogen-bond donors (Lipinski definition) is 0. The van der Waals surface area contributed by atoms with Crippen molar-refractivity contribution < 1.29 is 18.9 Å². The molecule has 1 aliphatic heterocycles. The molecule has 0 bridgehead atoms. The van der Waals surface area contributed by atoms with Gasteiger partial charge in [-0.15, -0.1) is 0 Å². The quantitative estimate of drug-likeness (QED) is 0.769. The highest BCUT2D eigenvalue weighted by molar-refractivity contribution is 6.31. The third-order valence-corrected chi connectivity index (χ3v) is 3.82. The zero-order valence-corrected chi connectivity index (χ0v) is 14.2. The standard InChI is InChI=1S/C16H24ClNO4/c1-4-21-16-7-12(14(17)8-15(16)19-3)9-18(2)10-13-11-20-5-6-22-13/h7-8,13H,4-6,9-11H2,1-3H3/t13-/m0/s1. The molecule has 6 heteroatoms. The maximum Gasteiger partial charge on any atom is 0.162 e. The van der Waals surface area contributed by atoms with Gasteiger partial charge in [0.25, 0.3) is 0 Å². The van der Waals surface area contributed by atoms with E-state index in [0.717, 1.165) is 17.9 Å². The van der Waals surface area contributed by atoms with Gasteiger partial charge in [-0.25, -0.2) is 0 Å². The molecule has 0 radical (unpaired) electrons. The summed E-state index contributed by atoms with van der Waals surface area (Å²) in [6.45, 7) is 6.03. The molecule has 0 saturated carbocycles. The normalized spacial score (nSPS) is 18.5. The number of nitrogens with zero attached hydrogens (tertiary/aromatic N) is 1. The van der Waals surface area contributed by atoms with Crippen LogP contribution in [0, 0.1) is 0 Å². The first kappa shape index (κ1) is 17.3. The molecule has 124 valence electrons. The topological polar surface area (TPSA) is 40.2 Å². The van der Waals surface area contributed by atoms with E-state index in [1.165, 1.54) is 0 Å². The van der Waals surface area contributed by atoms with Crippen LogP contribution >= 0.6 is 11.6 Å². The van der Waals surface area contributed by atoms with Crippen LogP contribution in [-0.4, -0.2) is 58.1 Å². The van der Waals surface area contributed by atoms with E-state index in [1.807, 2.05) is 20.0 Å². The highest BCUT2D eigenvalue weighted by Gasteiger charge is 2.18. The summed E-state index contributed by atoms with van der Waals surface area (Å²) in [4.78, 5) is 2.17. The van der Waals surface area contributed by atoms with Crippen LogP contribution in [-0.2, 0) is 16.0 Å². The molecule has 2 rings (SSSR count). The highest BCUT2D eigenvalue weighted by atomic mass is 35.5. The summed E-state index contributed by atoms with van der Waals surface area (Å²) < 4.78 is 22.0. The number of benzene rings is 1. The first-order valence-corrected chi connectivity index (χ1v) is 7.89. The summed E-state index contributed by atoms with van der Waals surface area (Å²) >= 11 is 6.35. The van der Waals surface area contributed by atoms with Crippen LogP contribution in [0.2, 0.25) is 5.02 Å². The van der Waals surface area contributed by atoms with E-state index in [2.05, 4.69) is 4.90 Å². The summed E-state index contributed by atoms with van der Waals surface area (Å²) in [6.07, 6.45) is 0.113. The van der Waals surface area contributed by atoms with Crippen LogP contribution in [0.15, 0.2) is 12.1 Å². The molecule has 0 amide bonds. The third kappa shape index (κ3) is 4.74. The maximum atomic E-state index is 6.35. The molecular weight excluding hydrogens is 306 g/mol. The van der Waals surface area contributed by atoms with Crippen LogP contribution in [0.1, 0.15) is 12.5 Å². The summed E-state index contributed by atoms with van der Waals surface area (Å²) in [5, 5.41) is 0.674. The predicted octanol–water partition coefficient (Wildman–Crippen LogP) is 2.59. The molecular formula is C16H24ClNO4. The second kappa shape index (κ2) is 8.58. The Labute approximate surface area is 137 Å². The van der Waals surface area contributed by atoms with Gasteiger partial charge < -0.3 is 18.9 Å². The van der Waals surface area contributed by atoms with Gasteiger partial charge >= 0.3 is 0 Å². The van der Waals surface area contributed by atoms with Crippen molar-refractivity contribution in [3.8, 4) is 11.5 Å². The molecule has 0 N–H and O–H groups in total. The number of ether oxygens (including phenoxy) is 4. The molecule has 1 fully saturated rings. The van der Waals surface area contributed by atoms with Gasteiger partial charge in [-0.3, -0.25) is 4.90 Å². The Morgan fingerprint density at radius 1 is 1.32 bits per heavy atom. The molecule has 0 unspecified atom stereocenters.